The van der Waals surface area contributed by atoms with E-state index in [1.54, 1.807) is 0 Å². The highest BCUT2D eigenvalue weighted by Gasteiger charge is 2.53. The molecule has 1 saturated carbocycles. The molecule has 122 valence electrons. The van der Waals surface area contributed by atoms with Crippen molar-refractivity contribution in [2.45, 2.75) is 51.1 Å². The van der Waals surface area contributed by atoms with Gasteiger partial charge in [-0.25, -0.2) is 0 Å². The number of piperidine rings is 1. The molecule has 1 heterocycles. The molecule has 23 heavy (non-hydrogen) atoms. The average Bonchev–Trinajstić information content (AvgIpc) is 2.91. The topological polar surface area (TPSA) is 37.4 Å². The highest BCUT2D eigenvalue weighted by molar-refractivity contribution is 9.10. The van der Waals surface area contributed by atoms with Crippen LogP contribution >= 0.6 is 15.9 Å². The van der Waals surface area contributed by atoms with Crippen LogP contribution in [-0.4, -0.2) is 22.6 Å². The molecule has 1 amide bonds. The quantitative estimate of drug-likeness (QED) is 0.582. The first kappa shape index (κ1) is 16.4. The maximum Gasteiger partial charge on any atom is 0.236 e. The molecular formula is C19H22BrNO2. The third kappa shape index (κ3) is 2.89. The molecule has 1 aromatic rings. The molecule has 4 heteroatoms. The molecule has 1 saturated heterocycles. The highest BCUT2D eigenvalue weighted by Crippen LogP contribution is 2.45. The number of carbonyl (C=O) groups is 2. The number of Topliss-reactive ketones (excluding diaryl/α,β-unsaturated/α-hetero) is 1. The van der Waals surface area contributed by atoms with Crippen LogP contribution in [0.1, 0.15) is 44.1 Å². The molecule has 0 aromatic heterocycles. The molecule has 0 radical (unpaired) electrons. The van der Waals surface area contributed by atoms with E-state index in [-0.39, 0.29) is 17.7 Å². The van der Waals surface area contributed by atoms with Crippen LogP contribution in [0.3, 0.4) is 0 Å². The normalized spacial score (nSPS) is 27.7. The van der Waals surface area contributed by atoms with Gasteiger partial charge < -0.3 is 4.90 Å². The Labute approximate surface area is 145 Å². The predicted molar refractivity (Wildman–Crippen MR) is 93.8 cm³/mol. The van der Waals surface area contributed by atoms with Crippen molar-refractivity contribution in [1.82, 2.24) is 4.90 Å². The van der Waals surface area contributed by atoms with Gasteiger partial charge in [0, 0.05) is 23.5 Å². The fraction of sp³-hybridized carbons (Fsp3) is 0.474. The molecule has 1 aromatic carbocycles. The predicted octanol–water partition coefficient (Wildman–Crippen LogP) is 4.26. The number of hydrogen-bond donors (Lipinski definition) is 0. The molecule has 3 rings (SSSR count). The summed E-state index contributed by atoms with van der Waals surface area (Å²) in [7, 11) is 0. The van der Waals surface area contributed by atoms with E-state index in [0.717, 1.165) is 35.7 Å². The molecule has 0 N–H and O–H groups in total. The van der Waals surface area contributed by atoms with Crippen LogP contribution in [0.5, 0.6) is 0 Å². The van der Waals surface area contributed by atoms with Crippen LogP contribution in [0.15, 0.2) is 41.4 Å². The minimum atomic E-state index is -0.737. The molecular weight excluding hydrogens is 354 g/mol. The molecule has 1 spiro atoms. The summed E-state index contributed by atoms with van der Waals surface area (Å²) in [4.78, 5) is 27.6. The lowest BCUT2D eigenvalue weighted by molar-refractivity contribution is -0.155. The van der Waals surface area contributed by atoms with Crippen LogP contribution < -0.4 is 0 Å². The lowest BCUT2D eigenvalue weighted by Gasteiger charge is -2.43. The van der Waals surface area contributed by atoms with Gasteiger partial charge in [0.1, 0.15) is 11.2 Å². The molecule has 2 unspecified atom stereocenters. The number of halogens is 1. The minimum absolute atomic E-state index is 0.0360. The lowest BCUT2D eigenvalue weighted by Crippen LogP contribution is -2.54. The number of amides is 1. The average molecular weight is 376 g/mol. The third-order valence-electron chi connectivity index (χ3n) is 5.29. The SMILES string of the molecule is C=CCC1CCC2(CCCC2=O)C(=O)N1Cc1ccccc1Br. The van der Waals surface area contributed by atoms with Gasteiger partial charge in [-0.05, 0) is 43.7 Å². The zero-order chi connectivity index (χ0) is 16.4. The highest BCUT2D eigenvalue weighted by atomic mass is 79.9. The van der Waals surface area contributed by atoms with Crippen LogP contribution in [0.25, 0.3) is 0 Å². The summed E-state index contributed by atoms with van der Waals surface area (Å²) in [6.45, 7) is 4.38. The Kier molecular flexibility index (Phi) is 4.72. The maximum absolute atomic E-state index is 13.2. The van der Waals surface area contributed by atoms with E-state index < -0.39 is 5.41 Å². The van der Waals surface area contributed by atoms with Crippen molar-refractivity contribution < 1.29 is 9.59 Å². The van der Waals surface area contributed by atoms with E-state index >= 15 is 0 Å². The van der Waals surface area contributed by atoms with Gasteiger partial charge >= 0.3 is 0 Å². The second kappa shape index (κ2) is 6.60. The molecule has 3 nitrogen and oxygen atoms in total. The molecule has 0 bridgehead atoms. The van der Waals surface area contributed by atoms with Gasteiger partial charge in [-0.3, -0.25) is 9.59 Å². The smallest absolute Gasteiger partial charge is 0.236 e. The molecule has 1 aliphatic heterocycles. The van der Waals surface area contributed by atoms with E-state index in [1.807, 2.05) is 35.2 Å². The van der Waals surface area contributed by atoms with E-state index in [0.29, 0.717) is 19.4 Å². The zero-order valence-electron chi connectivity index (χ0n) is 13.3. The Morgan fingerprint density at radius 2 is 2.09 bits per heavy atom. The summed E-state index contributed by atoms with van der Waals surface area (Å²) >= 11 is 3.56. The van der Waals surface area contributed by atoms with Crippen LogP contribution in [0, 0.1) is 5.41 Å². The van der Waals surface area contributed by atoms with Gasteiger partial charge in [0.15, 0.2) is 0 Å². The van der Waals surface area contributed by atoms with Crippen LogP contribution in [-0.2, 0) is 16.1 Å². The number of hydrogen-bond acceptors (Lipinski definition) is 2. The minimum Gasteiger partial charge on any atom is -0.334 e. The molecule has 2 fully saturated rings. The first-order chi connectivity index (χ1) is 11.1. The number of likely N-dealkylation sites (tertiary alicyclic amines) is 1. The molecule has 1 aliphatic carbocycles. The number of nitrogens with zero attached hydrogens (tertiary/aromatic N) is 1. The van der Waals surface area contributed by atoms with Gasteiger partial charge in [-0.15, -0.1) is 6.58 Å². The Hall–Kier alpha value is -1.42. The number of ketones is 1. The maximum atomic E-state index is 13.2. The van der Waals surface area contributed by atoms with Crippen molar-refractivity contribution in [2.75, 3.05) is 0 Å². The fourth-order valence-corrected chi connectivity index (χ4v) is 4.40. The fourth-order valence-electron chi connectivity index (χ4n) is 3.99. The summed E-state index contributed by atoms with van der Waals surface area (Å²) in [5.74, 6) is 0.186. The van der Waals surface area contributed by atoms with Crippen molar-refractivity contribution in [3.63, 3.8) is 0 Å². The second-order valence-electron chi connectivity index (χ2n) is 6.60. The third-order valence-corrected chi connectivity index (χ3v) is 6.07. The first-order valence-electron chi connectivity index (χ1n) is 8.27. The van der Waals surface area contributed by atoms with Crippen molar-refractivity contribution in [3.8, 4) is 0 Å². The molecule has 2 aliphatic rings. The van der Waals surface area contributed by atoms with Crippen LogP contribution in [0.2, 0.25) is 0 Å². The summed E-state index contributed by atoms with van der Waals surface area (Å²) < 4.78 is 1.00. The van der Waals surface area contributed by atoms with Crippen molar-refractivity contribution in [1.29, 1.82) is 0 Å². The Morgan fingerprint density at radius 3 is 2.74 bits per heavy atom. The van der Waals surface area contributed by atoms with Crippen molar-refractivity contribution >= 4 is 27.6 Å². The molecule has 2 atom stereocenters. The first-order valence-corrected chi connectivity index (χ1v) is 9.06. The Balaban J connectivity index is 1.91. The standard InChI is InChI=1S/C19H22BrNO2/c1-2-6-15-10-12-19(11-5-9-17(19)22)18(23)21(15)13-14-7-3-4-8-16(14)20/h2-4,7-8,15H,1,5-6,9-13H2. The van der Waals surface area contributed by atoms with Crippen molar-refractivity contribution in [2.24, 2.45) is 5.41 Å². The zero-order valence-corrected chi connectivity index (χ0v) is 14.8. The van der Waals surface area contributed by atoms with E-state index in [4.69, 9.17) is 0 Å². The monoisotopic (exact) mass is 375 g/mol. The van der Waals surface area contributed by atoms with Gasteiger partial charge in [0.25, 0.3) is 0 Å². The summed E-state index contributed by atoms with van der Waals surface area (Å²) in [6.07, 6.45) is 6.36. The number of benzene rings is 1. The van der Waals surface area contributed by atoms with Gasteiger partial charge in [0.05, 0.1) is 0 Å². The summed E-state index contributed by atoms with van der Waals surface area (Å²) in [5.41, 5.74) is 0.344. The van der Waals surface area contributed by atoms with Gasteiger partial charge in [0.2, 0.25) is 5.91 Å². The lowest BCUT2D eigenvalue weighted by atomic mass is 9.74. The Morgan fingerprint density at radius 1 is 1.30 bits per heavy atom. The van der Waals surface area contributed by atoms with Crippen molar-refractivity contribution in [3.05, 3.63) is 47.0 Å². The van der Waals surface area contributed by atoms with E-state index in [1.165, 1.54) is 0 Å². The van der Waals surface area contributed by atoms with E-state index in [2.05, 4.69) is 22.5 Å². The largest absolute Gasteiger partial charge is 0.334 e. The van der Waals surface area contributed by atoms with Crippen LogP contribution in [0.4, 0.5) is 0 Å². The Bertz CT molecular complexity index is 642. The van der Waals surface area contributed by atoms with Gasteiger partial charge in [-0.2, -0.15) is 0 Å². The summed E-state index contributed by atoms with van der Waals surface area (Å²) in [5, 5.41) is 0. The number of rotatable bonds is 4. The second-order valence-corrected chi connectivity index (χ2v) is 7.45. The number of carbonyl (C=O) groups excluding carboxylic acids is 2. The summed E-state index contributed by atoms with van der Waals surface area (Å²) in [6, 6.07) is 8.11. The van der Waals surface area contributed by atoms with Gasteiger partial charge in [-0.1, -0.05) is 40.2 Å². The van der Waals surface area contributed by atoms with E-state index in [9.17, 15) is 9.59 Å².